The van der Waals surface area contributed by atoms with E-state index in [2.05, 4.69) is 0 Å². The number of unbranched alkanes of at least 4 members (excludes halogenated alkanes) is 1. The standard InChI is InChI=1S/C6H9F5O3S.Na/c7-5(8,6(9,10)11)3-1-2-4-15(12,13)14;/h1-4H2,(H,12,13,14);/q;+1/p-1. The normalized spacial score (nSPS) is 13.4. The molecule has 0 amide bonds. The molecule has 0 fully saturated rings. The van der Waals surface area contributed by atoms with Crippen molar-refractivity contribution in [1.29, 1.82) is 0 Å². The summed E-state index contributed by atoms with van der Waals surface area (Å²) in [7, 11) is -4.55. The first-order valence-electron chi connectivity index (χ1n) is 3.84. The molecule has 0 aliphatic heterocycles. The van der Waals surface area contributed by atoms with Gasteiger partial charge in [-0.1, -0.05) is 0 Å². The maximum absolute atomic E-state index is 12.2. The van der Waals surface area contributed by atoms with Gasteiger partial charge in [0, 0.05) is 12.2 Å². The predicted octanol–water partition coefficient (Wildman–Crippen LogP) is -1.10. The van der Waals surface area contributed by atoms with Crippen LogP contribution in [0.1, 0.15) is 19.3 Å². The largest absolute Gasteiger partial charge is 1.00 e. The van der Waals surface area contributed by atoms with Crippen molar-refractivity contribution in [2.24, 2.45) is 0 Å². The smallest absolute Gasteiger partial charge is 0.748 e. The van der Waals surface area contributed by atoms with Crippen LogP contribution in [0.2, 0.25) is 0 Å². The molecule has 0 aromatic heterocycles. The fourth-order valence-electron chi connectivity index (χ4n) is 0.768. The van der Waals surface area contributed by atoms with Crippen molar-refractivity contribution < 1.29 is 64.5 Å². The summed E-state index contributed by atoms with van der Waals surface area (Å²) in [5, 5.41) is 0. The van der Waals surface area contributed by atoms with Crippen molar-refractivity contribution in [3.8, 4) is 0 Å². The third-order valence-corrected chi connectivity index (χ3v) is 2.34. The third kappa shape index (κ3) is 7.77. The van der Waals surface area contributed by atoms with Gasteiger partial charge in [-0.2, -0.15) is 22.0 Å². The molecular weight excluding hydrogens is 270 g/mol. The fourth-order valence-corrected chi connectivity index (χ4v) is 1.33. The van der Waals surface area contributed by atoms with Gasteiger partial charge in [-0.15, -0.1) is 0 Å². The Morgan fingerprint density at radius 3 is 1.75 bits per heavy atom. The van der Waals surface area contributed by atoms with E-state index in [4.69, 9.17) is 0 Å². The summed E-state index contributed by atoms with van der Waals surface area (Å²) in [6.45, 7) is 0. The molecule has 0 saturated carbocycles. The van der Waals surface area contributed by atoms with Gasteiger partial charge in [0.25, 0.3) is 0 Å². The summed E-state index contributed by atoms with van der Waals surface area (Å²) in [5.41, 5.74) is 0. The second kappa shape index (κ2) is 6.48. The van der Waals surface area contributed by atoms with E-state index in [9.17, 15) is 34.9 Å². The second-order valence-corrected chi connectivity index (χ2v) is 4.44. The summed E-state index contributed by atoms with van der Waals surface area (Å²) in [4.78, 5) is 0. The Balaban J connectivity index is 0. The number of alkyl halides is 5. The maximum Gasteiger partial charge on any atom is 1.00 e. The summed E-state index contributed by atoms with van der Waals surface area (Å²) >= 11 is 0. The van der Waals surface area contributed by atoms with Gasteiger partial charge < -0.3 is 4.55 Å². The first-order valence-corrected chi connectivity index (χ1v) is 5.41. The Bertz CT molecular complexity index is 300. The molecule has 0 N–H and O–H groups in total. The first kappa shape index (κ1) is 18.9. The molecule has 0 atom stereocenters. The van der Waals surface area contributed by atoms with Gasteiger partial charge in [-0.25, -0.2) is 8.42 Å². The van der Waals surface area contributed by atoms with Gasteiger partial charge in [0.05, 0.1) is 10.1 Å². The van der Waals surface area contributed by atoms with Crippen molar-refractivity contribution in [2.45, 2.75) is 31.4 Å². The van der Waals surface area contributed by atoms with Crippen LogP contribution in [0.25, 0.3) is 0 Å². The molecular formula is C6H8F5NaO3S. The second-order valence-electron chi connectivity index (χ2n) is 2.92. The van der Waals surface area contributed by atoms with E-state index >= 15 is 0 Å². The third-order valence-electron chi connectivity index (χ3n) is 1.55. The number of hydrogen-bond donors (Lipinski definition) is 0. The van der Waals surface area contributed by atoms with Crippen LogP contribution in [0.5, 0.6) is 0 Å². The number of hydrogen-bond acceptors (Lipinski definition) is 3. The zero-order valence-corrected chi connectivity index (χ0v) is 11.2. The van der Waals surface area contributed by atoms with Crippen LogP contribution < -0.4 is 29.6 Å². The van der Waals surface area contributed by atoms with Crippen molar-refractivity contribution in [1.82, 2.24) is 0 Å². The first-order chi connectivity index (χ1) is 6.46. The summed E-state index contributed by atoms with van der Waals surface area (Å²) in [6.07, 6.45) is -8.32. The molecule has 0 aromatic rings. The minimum Gasteiger partial charge on any atom is -0.748 e. The Labute approximate surface area is 111 Å². The van der Waals surface area contributed by atoms with Crippen LogP contribution in [0.15, 0.2) is 0 Å². The van der Waals surface area contributed by atoms with Crippen molar-refractivity contribution in [3.63, 3.8) is 0 Å². The minimum absolute atomic E-state index is 0. The molecule has 0 bridgehead atoms. The molecule has 0 spiro atoms. The summed E-state index contributed by atoms with van der Waals surface area (Å²) in [6, 6.07) is 0. The van der Waals surface area contributed by atoms with Gasteiger partial charge >= 0.3 is 41.7 Å². The molecule has 0 saturated heterocycles. The zero-order valence-electron chi connectivity index (χ0n) is 8.35. The molecule has 0 aromatic carbocycles. The maximum atomic E-state index is 12.2. The monoisotopic (exact) mass is 278 g/mol. The van der Waals surface area contributed by atoms with E-state index in [1.54, 1.807) is 0 Å². The summed E-state index contributed by atoms with van der Waals surface area (Å²) < 4.78 is 89.1. The quantitative estimate of drug-likeness (QED) is 0.278. The molecule has 0 heterocycles. The molecule has 0 rings (SSSR count). The van der Waals surface area contributed by atoms with Gasteiger partial charge in [0.1, 0.15) is 0 Å². The van der Waals surface area contributed by atoms with Crippen molar-refractivity contribution in [2.75, 3.05) is 5.75 Å². The number of halogens is 5. The van der Waals surface area contributed by atoms with Gasteiger partial charge in [-0.3, -0.25) is 0 Å². The summed E-state index contributed by atoms with van der Waals surface area (Å²) in [5.74, 6) is -5.76. The van der Waals surface area contributed by atoms with Gasteiger partial charge in [0.15, 0.2) is 0 Å². The predicted molar refractivity (Wildman–Crippen MR) is 39.4 cm³/mol. The van der Waals surface area contributed by atoms with Gasteiger partial charge in [0.2, 0.25) is 0 Å². The molecule has 0 aliphatic carbocycles. The molecule has 10 heteroatoms. The SMILES string of the molecule is O=S(=O)([O-])CCCCC(F)(F)C(F)(F)F.[Na+]. The van der Waals surface area contributed by atoms with Crippen LogP contribution in [0.3, 0.4) is 0 Å². The molecule has 0 aliphatic rings. The Hall–Kier alpha value is 0.560. The molecule has 0 radical (unpaired) electrons. The van der Waals surface area contributed by atoms with Crippen LogP contribution in [-0.4, -0.2) is 30.8 Å². The van der Waals surface area contributed by atoms with Crippen LogP contribution in [0.4, 0.5) is 22.0 Å². The van der Waals surface area contributed by atoms with E-state index in [1.807, 2.05) is 0 Å². The van der Waals surface area contributed by atoms with E-state index in [0.29, 0.717) is 0 Å². The molecule has 3 nitrogen and oxygen atoms in total. The average molecular weight is 278 g/mol. The topological polar surface area (TPSA) is 57.2 Å². The average Bonchev–Trinajstić information content (AvgIpc) is 1.94. The Morgan fingerprint density at radius 2 is 1.44 bits per heavy atom. The molecule has 16 heavy (non-hydrogen) atoms. The molecule has 0 unspecified atom stereocenters. The van der Waals surface area contributed by atoms with Crippen LogP contribution in [-0.2, 0) is 10.1 Å². The van der Waals surface area contributed by atoms with E-state index in [-0.39, 0.29) is 29.6 Å². The Morgan fingerprint density at radius 1 is 1.00 bits per heavy atom. The fraction of sp³-hybridized carbons (Fsp3) is 1.00. The van der Waals surface area contributed by atoms with Crippen molar-refractivity contribution >= 4 is 10.1 Å². The van der Waals surface area contributed by atoms with E-state index in [0.717, 1.165) is 0 Å². The Kier molecular flexibility index (Phi) is 7.66. The zero-order chi connectivity index (χ0) is 12.3. The van der Waals surface area contributed by atoms with Gasteiger partial charge in [-0.05, 0) is 12.8 Å². The number of rotatable bonds is 5. The van der Waals surface area contributed by atoms with Crippen LogP contribution in [0, 0.1) is 0 Å². The minimum atomic E-state index is -5.64. The van der Waals surface area contributed by atoms with E-state index < -0.39 is 47.2 Å². The molecule has 92 valence electrons. The van der Waals surface area contributed by atoms with Crippen LogP contribution >= 0.6 is 0 Å². The van der Waals surface area contributed by atoms with E-state index in [1.165, 1.54) is 0 Å². The van der Waals surface area contributed by atoms with Crippen molar-refractivity contribution in [3.05, 3.63) is 0 Å².